The van der Waals surface area contributed by atoms with E-state index >= 15 is 0 Å². The van der Waals surface area contributed by atoms with Gasteiger partial charge in [0.15, 0.2) is 17.3 Å². The van der Waals surface area contributed by atoms with Gasteiger partial charge in [-0.2, -0.15) is 0 Å². The maximum atomic E-state index is 13.6. The Labute approximate surface area is 185 Å². The molecule has 0 radical (unpaired) electrons. The van der Waals surface area contributed by atoms with Crippen LogP contribution in [0.4, 0.5) is 5.69 Å². The molecule has 2 aliphatic rings. The Morgan fingerprint density at radius 1 is 0.938 bits per heavy atom. The second-order valence-electron chi connectivity index (χ2n) is 7.99. The van der Waals surface area contributed by atoms with E-state index in [1.165, 1.54) is 11.2 Å². The molecule has 1 saturated carbocycles. The van der Waals surface area contributed by atoms with Gasteiger partial charge < -0.3 is 19.2 Å². The van der Waals surface area contributed by atoms with E-state index in [1.54, 1.807) is 30.3 Å². The summed E-state index contributed by atoms with van der Waals surface area (Å²) in [6.07, 6.45) is 5.53. The molecule has 0 bridgehead atoms. The van der Waals surface area contributed by atoms with Crippen molar-refractivity contribution in [2.75, 3.05) is 11.7 Å². The Hall–Kier alpha value is -3.74. The number of ether oxygens (including phenoxy) is 2. The third kappa shape index (κ3) is 3.93. The third-order valence-corrected chi connectivity index (χ3v) is 5.91. The van der Waals surface area contributed by atoms with Crippen LogP contribution < -0.4 is 19.7 Å². The molecule has 1 atom stereocenters. The molecule has 2 aromatic carbocycles. The number of furan rings is 1. The number of rotatable bonds is 6. The van der Waals surface area contributed by atoms with Crippen LogP contribution in [0, 0.1) is 0 Å². The predicted molar refractivity (Wildman–Crippen MR) is 118 cm³/mol. The minimum Gasteiger partial charge on any atom is -0.459 e. The Balaban J connectivity index is 1.59. The van der Waals surface area contributed by atoms with Crippen molar-refractivity contribution in [3.05, 3.63) is 78.3 Å². The lowest BCUT2D eigenvalue weighted by Crippen LogP contribution is -2.46. The van der Waals surface area contributed by atoms with Gasteiger partial charge in [0, 0.05) is 17.8 Å². The predicted octanol–water partition coefficient (Wildman–Crippen LogP) is 4.46. The number of carbonyl (C=O) groups is 2. The topological polar surface area (TPSA) is 81.0 Å². The second kappa shape index (κ2) is 8.78. The van der Waals surface area contributed by atoms with Gasteiger partial charge in [-0.1, -0.05) is 43.2 Å². The van der Waals surface area contributed by atoms with E-state index in [4.69, 9.17) is 13.9 Å². The highest BCUT2D eigenvalue weighted by Crippen LogP contribution is 2.39. The fourth-order valence-corrected chi connectivity index (χ4v) is 4.34. The van der Waals surface area contributed by atoms with Crippen molar-refractivity contribution in [3.63, 3.8) is 0 Å². The van der Waals surface area contributed by atoms with Gasteiger partial charge in [-0.25, -0.2) is 0 Å². The summed E-state index contributed by atoms with van der Waals surface area (Å²) in [4.78, 5) is 28.7. The number of hydrogen-bond acceptors (Lipinski definition) is 5. The van der Waals surface area contributed by atoms with Crippen molar-refractivity contribution in [1.29, 1.82) is 0 Å². The number of nitrogens with one attached hydrogen (secondary N) is 1. The van der Waals surface area contributed by atoms with Crippen molar-refractivity contribution in [2.45, 2.75) is 37.8 Å². The average molecular weight is 432 g/mol. The minimum absolute atomic E-state index is 0.117. The lowest BCUT2D eigenvalue weighted by atomic mass is 10.0. The molecule has 2 heterocycles. The molecule has 1 aliphatic heterocycles. The minimum atomic E-state index is -0.880. The molecule has 164 valence electrons. The molecule has 7 nitrogen and oxygen atoms in total. The molecule has 0 saturated heterocycles. The van der Waals surface area contributed by atoms with Crippen molar-refractivity contribution in [3.8, 4) is 11.5 Å². The lowest BCUT2D eigenvalue weighted by Gasteiger charge is -2.32. The summed E-state index contributed by atoms with van der Waals surface area (Å²) < 4.78 is 16.4. The Morgan fingerprint density at radius 3 is 2.47 bits per heavy atom. The highest BCUT2D eigenvalue weighted by atomic mass is 16.7. The molecule has 5 rings (SSSR count). The van der Waals surface area contributed by atoms with Gasteiger partial charge in [-0.3, -0.25) is 14.5 Å². The van der Waals surface area contributed by atoms with Gasteiger partial charge >= 0.3 is 0 Å². The molecule has 1 aliphatic carbocycles. The zero-order chi connectivity index (χ0) is 21.9. The van der Waals surface area contributed by atoms with E-state index < -0.39 is 11.9 Å². The Bertz CT molecular complexity index is 1090. The highest BCUT2D eigenvalue weighted by Gasteiger charge is 2.36. The van der Waals surface area contributed by atoms with Crippen LogP contribution in [0.5, 0.6) is 11.5 Å². The van der Waals surface area contributed by atoms with Gasteiger partial charge in [0.25, 0.3) is 5.91 Å². The monoisotopic (exact) mass is 432 g/mol. The number of benzene rings is 2. The van der Waals surface area contributed by atoms with E-state index in [-0.39, 0.29) is 24.5 Å². The molecular weight excluding hydrogens is 408 g/mol. The fourth-order valence-electron chi connectivity index (χ4n) is 4.34. The van der Waals surface area contributed by atoms with Crippen molar-refractivity contribution >= 4 is 17.5 Å². The third-order valence-electron chi connectivity index (χ3n) is 5.91. The molecule has 0 spiro atoms. The standard InChI is InChI=1S/C25H24N2O5/c28-24(26-18-9-4-5-10-18)23(17-7-2-1-3-8-17)27(25(29)21-11-6-14-30-21)19-12-13-20-22(15-19)32-16-31-20/h1-3,6-8,11-15,18,23H,4-5,9-10,16H2,(H,26,28)/t23-/m1/s1. The van der Waals surface area contributed by atoms with E-state index in [0.717, 1.165) is 25.7 Å². The zero-order valence-corrected chi connectivity index (χ0v) is 17.5. The highest BCUT2D eigenvalue weighted by molar-refractivity contribution is 6.08. The quantitative estimate of drug-likeness (QED) is 0.622. The normalized spacial score (nSPS) is 16.0. The first kappa shape index (κ1) is 20.2. The fraction of sp³-hybridized carbons (Fsp3) is 0.280. The molecule has 2 amide bonds. The lowest BCUT2D eigenvalue weighted by molar-refractivity contribution is -0.123. The number of anilines is 1. The first-order chi connectivity index (χ1) is 15.7. The van der Waals surface area contributed by atoms with E-state index in [0.29, 0.717) is 22.7 Å². The first-order valence-electron chi connectivity index (χ1n) is 10.8. The van der Waals surface area contributed by atoms with Crippen LogP contribution in [0.2, 0.25) is 0 Å². The molecule has 3 aromatic rings. The smallest absolute Gasteiger partial charge is 0.294 e. The summed E-state index contributed by atoms with van der Waals surface area (Å²) in [6.45, 7) is 0.120. The summed E-state index contributed by atoms with van der Waals surface area (Å²) in [6, 6.07) is 17.0. The summed E-state index contributed by atoms with van der Waals surface area (Å²) in [5, 5.41) is 3.16. The zero-order valence-electron chi connectivity index (χ0n) is 17.5. The van der Waals surface area contributed by atoms with Crippen LogP contribution in [0.1, 0.15) is 47.8 Å². The molecule has 1 N–H and O–H groups in total. The maximum Gasteiger partial charge on any atom is 0.294 e. The SMILES string of the molecule is O=C(NC1CCCC1)[C@@H](c1ccccc1)N(C(=O)c1ccco1)c1ccc2c(c1)OCO2. The van der Waals surface area contributed by atoms with Crippen molar-refractivity contribution < 1.29 is 23.5 Å². The summed E-state index contributed by atoms with van der Waals surface area (Å²) in [5.41, 5.74) is 1.23. The van der Waals surface area contributed by atoms with Crippen LogP contribution in [0.15, 0.2) is 71.3 Å². The largest absolute Gasteiger partial charge is 0.459 e. The van der Waals surface area contributed by atoms with E-state index in [2.05, 4.69) is 5.32 Å². The molecule has 1 aromatic heterocycles. The van der Waals surface area contributed by atoms with Gasteiger partial charge in [0.1, 0.15) is 6.04 Å². The Morgan fingerprint density at radius 2 is 1.72 bits per heavy atom. The van der Waals surface area contributed by atoms with Crippen molar-refractivity contribution in [1.82, 2.24) is 5.32 Å². The Kier molecular flexibility index (Phi) is 5.54. The van der Waals surface area contributed by atoms with Gasteiger partial charge in [-0.15, -0.1) is 0 Å². The molecular formula is C25H24N2O5. The number of amides is 2. The summed E-state index contributed by atoms with van der Waals surface area (Å²) >= 11 is 0. The summed E-state index contributed by atoms with van der Waals surface area (Å²) in [7, 11) is 0. The van der Waals surface area contributed by atoms with E-state index in [1.807, 2.05) is 30.3 Å². The van der Waals surface area contributed by atoms with Crippen LogP contribution in [0.25, 0.3) is 0 Å². The van der Waals surface area contributed by atoms with Gasteiger partial charge in [0.05, 0.1) is 6.26 Å². The van der Waals surface area contributed by atoms with E-state index in [9.17, 15) is 9.59 Å². The number of nitrogens with zero attached hydrogens (tertiary/aromatic N) is 1. The van der Waals surface area contributed by atoms with Crippen LogP contribution >= 0.6 is 0 Å². The molecule has 0 unspecified atom stereocenters. The van der Waals surface area contributed by atoms with Crippen LogP contribution in [0.3, 0.4) is 0 Å². The van der Waals surface area contributed by atoms with Crippen molar-refractivity contribution in [2.24, 2.45) is 0 Å². The summed E-state index contributed by atoms with van der Waals surface area (Å²) in [5.74, 6) is 0.649. The molecule has 1 fully saturated rings. The van der Waals surface area contributed by atoms with Gasteiger partial charge in [-0.05, 0) is 42.7 Å². The van der Waals surface area contributed by atoms with Crippen LogP contribution in [-0.2, 0) is 4.79 Å². The van der Waals surface area contributed by atoms with Crippen LogP contribution in [-0.4, -0.2) is 24.6 Å². The molecule has 32 heavy (non-hydrogen) atoms. The number of carbonyl (C=O) groups excluding carboxylic acids is 2. The first-order valence-corrected chi connectivity index (χ1v) is 10.8. The van der Waals surface area contributed by atoms with Gasteiger partial charge in [0.2, 0.25) is 12.7 Å². The maximum absolute atomic E-state index is 13.6. The number of fused-ring (bicyclic) bond motifs is 1. The second-order valence-corrected chi connectivity index (χ2v) is 7.99. The number of hydrogen-bond donors (Lipinski definition) is 1. The average Bonchev–Trinajstić information content (AvgIpc) is 3.60. The molecule has 7 heteroatoms.